The minimum absolute atomic E-state index is 0.0580. The number of rotatable bonds is 2. The van der Waals surface area contributed by atoms with Gasteiger partial charge in [0.05, 0.1) is 5.41 Å². The molecule has 3 heterocycles. The second kappa shape index (κ2) is 7.11. The lowest BCUT2D eigenvalue weighted by Gasteiger charge is -2.33. The zero-order valence-corrected chi connectivity index (χ0v) is 16.7. The lowest BCUT2D eigenvalue weighted by molar-refractivity contribution is -0.125. The first-order chi connectivity index (χ1) is 14.2. The summed E-state index contributed by atoms with van der Waals surface area (Å²) in [6, 6.07) is 15.2. The molecule has 2 saturated heterocycles. The molecule has 3 aliphatic heterocycles. The van der Waals surface area contributed by atoms with E-state index in [4.69, 9.17) is 0 Å². The van der Waals surface area contributed by atoms with Gasteiger partial charge in [-0.1, -0.05) is 18.2 Å². The van der Waals surface area contributed by atoms with E-state index in [0.29, 0.717) is 19.5 Å². The summed E-state index contributed by atoms with van der Waals surface area (Å²) in [5, 5.41) is 12.3. The maximum atomic E-state index is 12.8. The summed E-state index contributed by atoms with van der Waals surface area (Å²) >= 11 is 0. The molecule has 5 nitrogen and oxygen atoms in total. The van der Waals surface area contributed by atoms with E-state index in [0.717, 1.165) is 25.2 Å². The lowest BCUT2D eigenvalue weighted by atomic mass is 9.76. The Labute approximate surface area is 171 Å². The van der Waals surface area contributed by atoms with Crippen molar-refractivity contribution in [3.63, 3.8) is 0 Å². The third kappa shape index (κ3) is 3.23. The largest absolute Gasteiger partial charge is 0.372 e. The number of nitrogens with one attached hydrogen (secondary N) is 1. The molecule has 1 spiro atoms. The predicted molar refractivity (Wildman–Crippen MR) is 115 cm³/mol. The summed E-state index contributed by atoms with van der Waals surface area (Å²) in [5.74, 6) is 0.0580. The highest BCUT2D eigenvalue weighted by Gasteiger charge is 2.47. The number of likely N-dealkylation sites (tertiary alicyclic amines) is 1. The van der Waals surface area contributed by atoms with Crippen LogP contribution in [0.15, 0.2) is 42.5 Å². The molecular weight excluding hydrogens is 360 g/mol. The molecule has 1 amide bonds. The lowest BCUT2D eigenvalue weighted by Crippen LogP contribution is -2.43. The summed E-state index contributed by atoms with van der Waals surface area (Å²) in [6.07, 6.45) is 7.51. The van der Waals surface area contributed by atoms with Gasteiger partial charge in [-0.2, -0.15) is 5.26 Å². The fourth-order valence-corrected chi connectivity index (χ4v) is 5.06. The number of hydrogen-bond acceptors (Lipinski definition) is 4. The molecular formula is C24H26N4O. The molecule has 0 aliphatic carbocycles. The van der Waals surface area contributed by atoms with Crippen LogP contribution < -0.4 is 10.2 Å². The minimum atomic E-state index is -0.475. The highest BCUT2D eigenvalue weighted by molar-refractivity contribution is 5.99. The average molecular weight is 386 g/mol. The maximum Gasteiger partial charge on any atom is 0.232 e. The Kier molecular flexibility index (Phi) is 4.43. The van der Waals surface area contributed by atoms with E-state index in [1.54, 1.807) is 4.90 Å². The minimum Gasteiger partial charge on any atom is -0.372 e. The number of carbonyl (C=O) groups is 1. The first-order valence-electron chi connectivity index (χ1n) is 10.6. The van der Waals surface area contributed by atoms with Crippen LogP contribution in [0.3, 0.4) is 0 Å². The zero-order valence-electron chi connectivity index (χ0n) is 16.7. The Morgan fingerprint density at radius 3 is 2.62 bits per heavy atom. The van der Waals surface area contributed by atoms with Crippen LogP contribution in [-0.4, -0.2) is 37.0 Å². The van der Waals surface area contributed by atoms with Crippen molar-refractivity contribution in [2.24, 2.45) is 5.41 Å². The first-order valence-corrected chi connectivity index (χ1v) is 10.6. The Morgan fingerprint density at radius 1 is 1.00 bits per heavy atom. The van der Waals surface area contributed by atoms with Gasteiger partial charge < -0.3 is 15.1 Å². The average Bonchev–Trinajstić information content (AvgIpc) is 3.19. The van der Waals surface area contributed by atoms with E-state index >= 15 is 0 Å². The number of piperidine rings is 1. The van der Waals surface area contributed by atoms with Gasteiger partial charge in [0.1, 0.15) is 0 Å². The molecule has 0 bridgehead atoms. The topological polar surface area (TPSA) is 59.4 Å². The van der Waals surface area contributed by atoms with Crippen molar-refractivity contribution in [1.82, 2.24) is 4.90 Å². The molecule has 0 aromatic heterocycles. The third-order valence-electron chi connectivity index (χ3n) is 6.76. The van der Waals surface area contributed by atoms with Crippen LogP contribution in [-0.2, 0) is 11.2 Å². The molecule has 148 valence electrons. The van der Waals surface area contributed by atoms with Crippen LogP contribution in [0.1, 0.15) is 31.2 Å². The van der Waals surface area contributed by atoms with Crippen LogP contribution in [0, 0.1) is 16.9 Å². The van der Waals surface area contributed by atoms with E-state index in [2.05, 4.69) is 52.8 Å². The second-order valence-electron chi connectivity index (χ2n) is 8.65. The molecule has 3 aliphatic rings. The maximum absolute atomic E-state index is 12.8. The molecule has 29 heavy (non-hydrogen) atoms. The number of amides is 1. The summed E-state index contributed by atoms with van der Waals surface area (Å²) in [4.78, 5) is 17.0. The number of nitrogens with zero attached hydrogens (tertiary/aromatic N) is 3. The van der Waals surface area contributed by atoms with Gasteiger partial charge in [0.2, 0.25) is 5.91 Å². The number of benzene rings is 2. The molecule has 1 unspecified atom stereocenters. The smallest absolute Gasteiger partial charge is 0.232 e. The van der Waals surface area contributed by atoms with Gasteiger partial charge in [0.25, 0.3) is 0 Å². The SMILES string of the molecule is N#CN1CCC2(Cc3cc(-c4cccc(N5CCCCC5)c4)ccc3NC2=O)C1. The normalized spacial score (nSPS) is 23.6. The van der Waals surface area contributed by atoms with Gasteiger partial charge in [0.15, 0.2) is 6.19 Å². The monoisotopic (exact) mass is 386 g/mol. The van der Waals surface area contributed by atoms with Gasteiger partial charge in [-0.05, 0) is 73.1 Å². The highest BCUT2D eigenvalue weighted by Crippen LogP contribution is 2.42. The molecule has 0 radical (unpaired) electrons. The first kappa shape index (κ1) is 18.1. The molecule has 5 heteroatoms. The Morgan fingerprint density at radius 2 is 1.83 bits per heavy atom. The summed E-state index contributed by atoms with van der Waals surface area (Å²) in [7, 11) is 0. The van der Waals surface area contributed by atoms with E-state index in [9.17, 15) is 10.1 Å². The Balaban J connectivity index is 1.44. The van der Waals surface area contributed by atoms with Crippen molar-refractivity contribution in [3.05, 3.63) is 48.0 Å². The standard InChI is InChI=1S/C24H26N4O/c25-17-27-12-9-24(16-27)15-20-13-19(7-8-22(20)26-23(24)29)18-5-4-6-21(14-18)28-10-2-1-3-11-28/h4-8,13-14H,1-3,9-12,15-16H2,(H,26,29). The van der Waals surface area contributed by atoms with Gasteiger partial charge in [0, 0.05) is 37.6 Å². The number of anilines is 2. The fraction of sp³-hybridized carbons (Fsp3) is 0.417. The number of hydrogen-bond donors (Lipinski definition) is 1. The van der Waals surface area contributed by atoms with Crippen molar-refractivity contribution >= 4 is 17.3 Å². The van der Waals surface area contributed by atoms with Crippen molar-refractivity contribution in [1.29, 1.82) is 5.26 Å². The quantitative estimate of drug-likeness (QED) is 0.792. The van der Waals surface area contributed by atoms with Crippen molar-refractivity contribution in [2.45, 2.75) is 32.1 Å². The van der Waals surface area contributed by atoms with Crippen LogP contribution in [0.2, 0.25) is 0 Å². The second-order valence-corrected chi connectivity index (χ2v) is 8.65. The van der Waals surface area contributed by atoms with Gasteiger partial charge in [-0.15, -0.1) is 0 Å². The number of fused-ring (bicyclic) bond motifs is 1. The number of carbonyl (C=O) groups excluding carboxylic acids is 1. The van der Waals surface area contributed by atoms with E-state index in [1.165, 1.54) is 41.6 Å². The molecule has 5 rings (SSSR count). The zero-order chi connectivity index (χ0) is 19.8. The molecule has 1 N–H and O–H groups in total. The van der Waals surface area contributed by atoms with Crippen molar-refractivity contribution < 1.29 is 4.79 Å². The molecule has 1 atom stereocenters. The fourth-order valence-electron chi connectivity index (χ4n) is 5.06. The van der Waals surface area contributed by atoms with Gasteiger partial charge in [-0.3, -0.25) is 4.79 Å². The molecule has 2 fully saturated rings. The van der Waals surface area contributed by atoms with Crippen molar-refractivity contribution in [2.75, 3.05) is 36.4 Å². The third-order valence-corrected chi connectivity index (χ3v) is 6.76. The molecule has 2 aromatic rings. The van der Waals surface area contributed by atoms with Crippen LogP contribution in [0.4, 0.5) is 11.4 Å². The van der Waals surface area contributed by atoms with E-state index < -0.39 is 5.41 Å². The summed E-state index contributed by atoms with van der Waals surface area (Å²) in [6.45, 7) is 3.45. The predicted octanol–water partition coefficient (Wildman–Crippen LogP) is 4.01. The summed E-state index contributed by atoms with van der Waals surface area (Å²) in [5.41, 5.74) is 5.30. The Hall–Kier alpha value is -3.00. The highest BCUT2D eigenvalue weighted by atomic mass is 16.2. The Bertz CT molecular complexity index is 989. The van der Waals surface area contributed by atoms with Gasteiger partial charge in [-0.25, -0.2) is 0 Å². The van der Waals surface area contributed by atoms with Crippen LogP contribution in [0.25, 0.3) is 11.1 Å². The van der Waals surface area contributed by atoms with Gasteiger partial charge >= 0.3 is 0 Å². The van der Waals surface area contributed by atoms with Crippen molar-refractivity contribution in [3.8, 4) is 17.3 Å². The van der Waals surface area contributed by atoms with Crippen LogP contribution >= 0.6 is 0 Å². The number of nitriles is 1. The van der Waals surface area contributed by atoms with E-state index in [1.807, 2.05) is 6.07 Å². The molecule has 2 aromatic carbocycles. The van der Waals surface area contributed by atoms with Crippen LogP contribution in [0.5, 0.6) is 0 Å². The molecule has 0 saturated carbocycles. The van der Waals surface area contributed by atoms with E-state index in [-0.39, 0.29) is 5.91 Å². The summed E-state index contributed by atoms with van der Waals surface area (Å²) < 4.78 is 0.